The van der Waals surface area contributed by atoms with E-state index in [9.17, 15) is 24.9 Å². The summed E-state index contributed by atoms with van der Waals surface area (Å²) < 4.78 is 17.1. The predicted molar refractivity (Wildman–Crippen MR) is 158 cm³/mol. The molecule has 5 unspecified atom stereocenters. The molecule has 3 aliphatic rings. The van der Waals surface area contributed by atoms with E-state index < -0.39 is 24.5 Å². The molecule has 1 aliphatic carbocycles. The van der Waals surface area contributed by atoms with Gasteiger partial charge in [0.05, 0.1) is 35.5 Å². The minimum Gasteiger partial charge on any atom is -0.489 e. The van der Waals surface area contributed by atoms with Gasteiger partial charge < -0.3 is 34.4 Å². The van der Waals surface area contributed by atoms with Gasteiger partial charge >= 0.3 is 5.97 Å². The van der Waals surface area contributed by atoms with E-state index in [1.54, 1.807) is 12.1 Å². The zero-order valence-corrected chi connectivity index (χ0v) is 24.3. The molecule has 3 aromatic rings. The number of aliphatic hydroxyl groups is 3. The number of hydrogen-bond donors (Lipinski definition) is 3. The summed E-state index contributed by atoms with van der Waals surface area (Å²) in [6.45, 7) is 0.544. The maximum Gasteiger partial charge on any atom is 0.341 e. The Morgan fingerprint density at radius 1 is 0.977 bits per heavy atom. The van der Waals surface area contributed by atoms with Gasteiger partial charge in [-0.1, -0.05) is 35.9 Å². The lowest BCUT2D eigenvalue weighted by Gasteiger charge is -2.31. The standard InChI is InChI=1S/C33H34ClNO8/c34-30-9-4-21(12-29(30)33(40)43-31-15-25(38)14-27(17-36)42-31)20-3-1-2-19(10-20)18-41-26-7-8-28-22(11-26)16-35(32(28)39)23-5-6-24(37)13-23/h1-4,7-12,23-25,27,31,36-38H,5-6,13-18H2. The van der Waals surface area contributed by atoms with E-state index in [0.29, 0.717) is 30.9 Å². The van der Waals surface area contributed by atoms with Crippen molar-refractivity contribution < 1.29 is 39.1 Å². The molecule has 0 spiro atoms. The first kappa shape index (κ1) is 29.6. The molecular formula is C33H34ClNO8. The molecule has 10 heteroatoms. The number of amides is 1. The van der Waals surface area contributed by atoms with Crippen LogP contribution in [-0.2, 0) is 22.6 Å². The lowest BCUT2D eigenvalue weighted by Crippen LogP contribution is -2.39. The smallest absolute Gasteiger partial charge is 0.341 e. The number of hydrogen-bond acceptors (Lipinski definition) is 8. The highest BCUT2D eigenvalue weighted by atomic mass is 35.5. The van der Waals surface area contributed by atoms with E-state index in [4.69, 9.17) is 25.8 Å². The Balaban J connectivity index is 1.11. The highest BCUT2D eigenvalue weighted by Gasteiger charge is 2.36. The first-order chi connectivity index (χ1) is 20.8. The fourth-order valence-corrected chi connectivity index (χ4v) is 6.31. The number of benzene rings is 3. The largest absolute Gasteiger partial charge is 0.489 e. The van der Waals surface area contributed by atoms with Crippen LogP contribution < -0.4 is 4.74 Å². The van der Waals surface area contributed by atoms with E-state index >= 15 is 0 Å². The molecule has 0 aromatic heterocycles. The average molecular weight is 608 g/mol. The lowest BCUT2D eigenvalue weighted by molar-refractivity contribution is -0.198. The van der Waals surface area contributed by atoms with Gasteiger partial charge in [0, 0.05) is 31.0 Å². The average Bonchev–Trinajstić information content (AvgIpc) is 3.58. The number of esters is 1. The maximum atomic E-state index is 13.0. The third kappa shape index (κ3) is 6.56. The molecule has 9 nitrogen and oxygen atoms in total. The Morgan fingerprint density at radius 2 is 1.81 bits per heavy atom. The molecule has 0 radical (unpaired) electrons. The number of rotatable bonds is 8. The van der Waals surface area contributed by atoms with Crippen molar-refractivity contribution in [3.63, 3.8) is 0 Å². The molecule has 3 aromatic carbocycles. The van der Waals surface area contributed by atoms with Crippen molar-refractivity contribution in [3.8, 4) is 16.9 Å². The SMILES string of the molecule is O=C(OC1CC(O)CC(CO)O1)c1cc(-c2cccc(COc3ccc4c(c3)CN(C3CCC(O)C3)C4=O)c2)ccc1Cl. The molecule has 1 saturated carbocycles. The summed E-state index contributed by atoms with van der Waals surface area (Å²) in [6, 6.07) is 18.4. The molecule has 226 valence electrons. The third-order valence-electron chi connectivity index (χ3n) is 8.36. The van der Waals surface area contributed by atoms with Gasteiger partial charge in [-0.2, -0.15) is 0 Å². The normalized spacial score (nSPS) is 25.1. The van der Waals surface area contributed by atoms with Gasteiger partial charge in [-0.25, -0.2) is 4.79 Å². The van der Waals surface area contributed by atoms with E-state index in [1.807, 2.05) is 53.4 Å². The van der Waals surface area contributed by atoms with Gasteiger partial charge in [0.25, 0.3) is 5.91 Å². The van der Waals surface area contributed by atoms with Gasteiger partial charge in [-0.15, -0.1) is 0 Å². The third-order valence-corrected chi connectivity index (χ3v) is 8.69. The molecule has 2 heterocycles. The van der Waals surface area contributed by atoms with Gasteiger partial charge in [0.2, 0.25) is 6.29 Å². The van der Waals surface area contributed by atoms with Gasteiger partial charge in [0.1, 0.15) is 12.4 Å². The second kappa shape index (κ2) is 12.6. The summed E-state index contributed by atoms with van der Waals surface area (Å²) in [5.41, 5.74) is 4.30. The topological polar surface area (TPSA) is 126 Å². The molecule has 6 rings (SSSR count). The van der Waals surface area contributed by atoms with Crippen molar-refractivity contribution in [1.29, 1.82) is 0 Å². The molecule has 2 aliphatic heterocycles. The second-order valence-corrected chi connectivity index (χ2v) is 11.9. The van der Waals surface area contributed by atoms with Gasteiger partial charge in [0.15, 0.2) is 0 Å². The van der Waals surface area contributed by atoms with Crippen LogP contribution in [0, 0.1) is 0 Å². The molecular weight excluding hydrogens is 574 g/mol. The Kier molecular flexibility index (Phi) is 8.70. The van der Waals surface area contributed by atoms with Crippen LogP contribution in [-0.4, -0.2) is 69.3 Å². The first-order valence-electron chi connectivity index (χ1n) is 14.6. The van der Waals surface area contributed by atoms with Crippen molar-refractivity contribution >= 4 is 23.5 Å². The van der Waals surface area contributed by atoms with E-state index in [-0.39, 0.29) is 48.1 Å². The van der Waals surface area contributed by atoms with Crippen LogP contribution in [0.15, 0.2) is 60.7 Å². The Morgan fingerprint density at radius 3 is 2.60 bits per heavy atom. The van der Waals surface area contributed by atoms with Crippen LogP contribution in [0.1, 0.15) is 63.9 Å². The summed E-state index contributed by atoms with van der Waals surface area (Å²) >= 11 is 6.34. The van der Waals surface area contributed by atoms with E-state index in [2.05, 4.69) is 0 Å². The van der Waals surface area contributed by atoms with Crippen LogP contribution in [0.3, 0.4) is 0 Å². The van der Waals surface area contributed by atoms with Crippen LogP contribution >= 0.6 is 11.6 Å². The maximum absolute atomic E-state index is 13.0. The number of carbonyl (C=O) groups is 2. The fraction of sp³-hybridized carbons (Fsp3) is 0.394. The number of fused-ring (bicyclic) bond motifs is 1. The number of nitrogens with zero attached hydrogens (tertiary/aromatic N) is 1. The molecule has 3 N–H and O–H groups in total. The summed E-state index contributed by atoms with van der Waals surface area (Å²) in [4.78, 5) is 27.8. The number of aliphatic hydroxyl groups excluding tert-OH is 3. The van der Waals surface area contributed by atoms with Gasteiger partial charge in [-0.05, 0) is 77.9 Å². The summed E-state index contributed by atoms with van der Waals surface area (Å²) in [5.74, 6) is -0.00190. The number of carbonyl (C=O) groups excluding carboxylic acids is 2. The van der Waals surface area contributed by atoms with Crippen molar-refractivity contribution in [2.24, 2.45) is 0 Å². The Bertz CT molecular complexity index is 1510. The molecule has 43 heavy (non-hydrogen) atoms. The lowest BCUT2D eigenvalue weighted by atomic mass is 10.0. The first-order valence-corrected chi connectivity index (χ1v) is 14.9. The minimum atomic E-state index is -0.982. The summed E-state index contributed by atoms with van der Waals surface area (Å²) in [5, 5.41) is 29.5. The van der Waals surface area contributed by atoms with Crippen LogP contribution in [0.5, 0.6) is 5.75 Å². The van der Waals surface area contributed by atoms with Crippen LogP contribution in [0.25, 0.3) is 11.1 Å². The second-order valence-electron chi connectivity index (χ2n) is 11.5. The van der Waals surface area contributed by atoms with Gasteiger partial charge in [-0.3, -0.25) is 4.79 Å². The summed E-state index contributed by atoms with van der Waals surface area (Å²) in [6.07, 6.45) is -0.0958. The zero-order chi connectivity index (χ0) is 30.1. The van der Waals surface area contributed by atoms with Crippen molar-refractivity contribution in [2.75, 3.05) is 6.61 Å². The van der Waals surface area contributed by atoms with Crippen LogP contribution in [0.2, 0.25) is 5.02 Å². The van der Waals surface area contributed by atoms with Crippen molar-refractivity contribution in [1.82, 2.24) is 4.90 Å². The van der Waals surface area contributed by atoms with E-state index in [1.165, 1.54) is 0 Å². The van der Waals surface area contributed by atoms with E-state index in [0.717, 1.165) is 35.1 Å². The fourth-order valence-electron chi connectivity index (χ4n) is 6.11. The minimum absolute atomic E-state index is 0.0118. The quantitative estimate of drug-likeness (QED) is 0.320. The highest BCUT2D eigenvalue weighted by Crippen LogP contribution is 2.34. The zero-order valence-electron chi connectivity index (χ0n) is 23.5. The highest BCUT2D eigenvalue weighted by molar-refractivity contribution is 6.33. The predicted octanol–water partition coefficient (Wildman–Crippen LogP) is 4.47. The Labute approximate surface area is 254 Å². The molecule has 0 bridgehead atoms. The van der Waals surface area contributed by atoms with Crippen LogP contribution in [0.4, 0.5) is 0 Å². The molecule has 1 saturated heterocycles. The monoisotopic (exact) mass is 607 g/mol. The molecule has 5 atom stereocenters. The Hall–Kier alpha value is -3.47. The van der Waals surface area contributed by atoms with Crippen molar-refractivity contribution in [3.05, 3.63) is 87.9 Å². The number of halogens is 1. The summed E-state index contributed by atoms with van der Waals surface area (Å²) in [7, 11) is 0. The number of ether oxygens (including phenoxy) is 3. The molecule has 1 amide bonds. The van der Waals surface area contributed by atoms with Crippen molar-refractivity contribution in [2.45, 2.75) is 75.9 Å². The molecule has 2 fully saturated rings.